The molecule has 8 heteroatoms. The van der Waals surface area contributed by atoms with E-state index in [-0.39, 0.29) is 0 Å². The summed E-state index contributed by atoms with van der Waals surface area (Å²) in [5, 5.41) is 13.8. The molecule has 1 aliphatic heterocycles. The Morgan fingerprint density at radius 1 is 1.32 bits per heavy atom. The molecule has 1 aliphatic rings. The van der Waals surface area contributed by atoms with E-state index in [0.29, 0.717) is 22.7 Å². The average molecular weight is 404 g/mol. The van der Waals surface area contributed by atoms with E-state index >= 15 is 0 Å². The monoisotopic (exact) mass is 403 g/mol. The maximum absolute atomic E-state index is 12.4. The Labute approximate surface area is 151 Å². The first-order chi connectivity index (χ1) is 12.0. The Bertz CT molecular complexity index is 868. The van der Waals surface area contributed by atoms with Gasteiger partial charge in [0.15, 0.2) is 0 Å². The molecule has 25 heavy (non-hydrogen) atoms. The van der Waals surface area contributed by atoms with Gasteiger partial charge >= 0.3 is 6.09 Å². The van der Waals surface area contributed by atoms with Crippen LogP contribution in [0.4, 0.5) is 10.5 Å². The normalized spacial score (nSPS) is 16.2. The van der Waals surface area contributed by atoms with Gasteiger partial charge in [-0.1, -0.05) is 46.3 Å². The minimum atomic E-state index is -1.34. The fourth-order valence-electron chi connectivity index (χ4n) is 2.55. The SMILES string of the molecule is COc1cc(Br)cc2c1NC(=O)C(NC(=O)O)N=C2c1ccccc1. The number of anilines is 1. The van der Waals surface area contributed by atoms with Crippen molar-refractivity contribution < 1.29 is 19.4 Å². The summed E-state index contributed by atoms with van der Waals surface area (Å²) >= 11 is 3.42. The molecular weight excluding hydrogens is 390 g/mol. The minimum Gasteiger partial charge on any atom is -0.495 e. The number of carbonyl (C=O) groups is 2. The summed E-state index contributed by atoms with van der Waals surface area (Å²) in [4.78, 5) is 27.8. The molecule has 0 spiro atoms. The number of aliphatic imine (C=N–C) groups is 1. The van der Waals surface area contributed by atoms with E-state index in [1.54, 1.807) is 12.1 Å². The molecule has 0 saturated heterocycles. The third-order valence-electron chi connectivity index (χ3n) is 3.60. The van der Waals surface area contributed by atoms with Crippen LogP contribution < -0.4 is 15.4 Å². The molecule has 128 valence electrons. The third kappa shape index (κ3) is 3.48. The highest BCUT2D eigenvalue weighted by atomic mass is 79.9. The van der Waals surface area contributed by atoms with Gasteiger partial charge in [-0.3, -0.25) is 10.1 Å². The third-order valence-corrected chi connectivity index (χ3v) is 4.06. The van der Waals surface area contributed by atoms with Gasteiger partial charge in [-0.15, -0.1) is 0 Å². The van der Waals surface area contributed by atoms with Gasteiger partial charge in [0.1, 0.15) is 5.75 Å². The smallest absolute Gasteiger partial charge is 0.406 e. The molecule has 1 atom stereocenters. The maximum Gasteiger partial charge on any atom is 0.406 e. The molecule has 3 rings (SSSR count). The second kappa shape index (κ2) is 6.94. The van der Waals surface area contributed by atoms with Gasteiger partial charge < -0.3 is 15.2 Å². The summed E-state index contributed by atoms with van der Waals surface area (Å²) in [6, 6.07) is 12.7. The van der Waals surface area contributed by atoms with E-state index in [2.05, 4.69) is 31.6 Å². The number of nitrogens with zero attached hydrogens (tertiary/aromatic N) is 1. The van der Waals surface area contributed by atoms with E-state index in [1.165, 1.54) is 7.11 Å². The first-order valence-corrected chi connectivity index (χ1v) is 8.10. The molecule has 0 radical (unpaired) electrons. The molecule has 3 N–H and O–H groups in total. The summed E-state index contributed by atoms with van der Waals surface area (Å²) in [6.45, 7) is 0. The van der Waals surface area contributed by atoms with E-state index < -0.39 is 18.2 Å². The van der Waals surface area contributed by atoms with Crippen molar-refractivity contribution in [1.29, 1.82) is 0 Å². The Kier molecular flexibility index (Phi) is 4.71. The maximum atomic E-state index is 12.4. The summed E-state index contributed by atoms with van der Waals surface area (Å²) in [5.74, 6) is -0.146. The number of fused-ring (bicyclic) bond motifs is 1. The van der Waals surface area contributed by atoms with Gasteiger partial charge in [-0.05, 0) is 12.1 Å². The van der Waals surface area contributed by atoms with Gasteiger partial charge in [0.2, 0.25) is 6.17 Å². The van der Waals surface area contributed by atoms with Crippen LogP contribution in [0, 0.1) is 0 Å². The quantitative estimate of drug-likeness (QED) is 0.733. The fraction of sp³-hybridized carbons (Fsp3) is 0.118. The molecule has 0 fully saturated rings. The van der Waals surface area contributed by atoms with Crippen LogP contribution in [-0.2, 0) is 4.79 Å². The van der Waals surface area contributed by atoms with Gasteiger partial charge in [0.05, 0.1) is 18.5 Å². The Morgan fingerprint density at radius 3 is 2.68 bits per heavy atom. The zero-order valence-electron chi connectivity index (χ0n) is 13.1. The highest BCUT2D eigenvalue weighted by Crippen LogP contribution is 2.35. The van der Waals surface area contributed by atoms with Crippen molar-refractivity contribution in [3.05, 3.63) is 58.1 Å². The Hall–Kier alpha value is -2.87. The van der Waals surface area contributed by atoms with Crippen LogP contribution in [0.15, 0.2) is 51.9 Å². The van der Waals surface area contributed by atoms with Gasteiger partial charge in [0, 0.05) is 15.6 Å². The summed E-state index contributed by atoms with van der Waals surface area (Å²) < 4.78 is 6.10. The van der Waals surface area contributed by atoms with Crippen molar-refractivity contribution in [2.24, 2.45) is 4.99 Å². The molecule has 7 nitrogen and oxygen atoms in total. The Morgan fingerprint density at radius 2 is 2.04 bits per heavy atom. The van der Waals surface area contributed by atoms with Crippen molar-refractivity contribution >= 4 is 39.3 Å². The predicted octanol–water partition coefficient (Wildman–Crippen LogP) is 2.84. The van der Waals surface area contributed by atoms with E-state index in [0.717, 1.165) is 10.0 Å². The van der Waals surface area contributed by atoms with Crippen LogP contribution in [0.25, 0.3) is 0 Å². The zero-order chi connectivity index (χ0) is 18.0. The number of methoxy groups -OCH3 is 1. The number of benzene rings is 2. The van der Waals surface area contributed by atoms with Gasteiger partial charge in [-0.25, -0.2) is 9.79 Å². The topological polar surface area (TPSA) is 100 Å². The molecule has 1 unspecified atom stereocenters. The van der Waals surface area contributed by atoms with Crippen molar-refractivity contribution in [3.63, 3.8) is 0 Å². The van der Waals surface area contributed by atoms with Crippen LogP contribution in [0.1, 0.15) is 11.1 Å². The lowest BCUT2D eigenvalue weighted by atomic mass is 10.00. The number of nitrogens with one attached hydrogen (secondary N) is 2. The van der Waals surface area contributed by atoms with Crippen molar-refractivity contribution in [1.82, 2.24) is 5.32 Å². The number of carboxylic acid groups (broad SMARTS) is 1. The van der Waals surface area contributed by atoms with E-state index in [1.807, 2.05) is 30.3 Å². The highest BCUT2D eigenvalue weighted by molar-refractivity contribution is 9.10. The molecular formula is C17H14BrN3O4. The first-order valence-electron chi connectivity index (χ1n) is 7.31. The molecule has 0 bridgehead atoms. The number of amides is 2. The second-order valence-corrected chi connectivity index (χ2v) is 6.13. The van der Waals surface area contributed by atoms with Crippen LogP contribution in [0.5, 0.6) is 5.75 Å². The lowest BCUT2D eigenvalue weighted by Crippen LogP contribution is -2.41. The van der Waals surface area contributed by atoms with Gasteiger partial charge in [-0.2, -0.15) is 0 Å². The summed E-state index contributed by atoms with van der Waals surface area (Å²) in [6.07, 6.45) is -2.61. The number of benzodiazepines with no additional fused rings is 1. The standard InChI is InChI=1S/C17H14BrN3O4/c1-25-12-8-10(18)7-11-13(9-5-3-2-4-6-9)19-15(21-17(23)24)16(22)20-14(11)12/h2-8,15,21H,1H3,(H,20,22)(H,23,24). The average Bonchev–Trinajstić information content (AvgIpc) is 2.72. The fourth-order valence-corrected chi connectivity index (χ4v) is 2.99. The van der Waals surface area contributed by atoms with Gasteiger partial charge in [0.25, 0.3) is 5.91 Å². The number of halogens is 1. The van der Waals surface area contributed by atoms with Crippen LogP contribution >= 0.6 is 15.9 Å². The molecule has 0 aliphatic carbocycles. The first kappa shape index (κ1) is 17.0. The molecule has 0 aromatic heterocycles. The number of hydrogen-bond donors (Lipinski definition) is 3. The Balaban J connectivity index is 2.24. The number of hydrogen-bond acceptors (Lipinski definition) is 4. The van der Waals surface area contributed by atoms with E-state index in [4.69, 9.17) is 9.84 Å². The van der Waals surface area contributed by atoms with Crippen LogP contribution in [-0.4, -0.2) is 36.1 Å². The largest absolute Gasteiger partial charge is 0.495 e. The molecule has 2 aromatic carbocycles. The molecule has 0 saturated carbocycles. The van der Waals surface area contributed by atoms with Crippen LogP contribution in [0.3, 0.4) is 0 Å². The van der Waals surface area contributed by atoms with Crippen molar-refractivity contribution in [2.45, 2.75) is 6.17 Å². The van der Waals surface area contributed by atoms with E-state index in [9.17, 15) is 9.59 Å². The summed E-state index contributed by atoms with van der Waals surface area (Å²) in [5.41, 5.74) is 2.29. The highest BCUT2D eigenvalue weighted by Gasteiger charge is 2.29. The molecule has 2 amide bonds. The minimum absolute atomic E-state index is 0.438. The lowest BCUT2D eigenvalue weighted by molar-refractivity contribution is -0.117. The van der Waals surface area contributed by atoms with Crippen molar-refractivity contribution in [2.75, 3.05) is 12.4 Å². The zero-order valence-corrected chi connectivity index (χ0v) is 14.7. The number of ether oxygens (including phenoxy) is 1. The molecule has 2 aromatic rings. The second-order valence-electron chi connectivity index (χ2n) is 5.22. The predicted molar refractivity (Wildman–Crippen MR) is 96.4 cm³/mol. The molecule has 1 heterocycles. The van der Waals surface area contributed by atoms with Crippen LogP contribution in [0.2, 0.25) is 0 Å². The summed E-state index contributed by atoms with van der Waals surface area (Å²) in [7, 11) is 1.49. The lowest BCUT2D eigenvalue weighted by Gasteiger charge is -2.14. The number of carbonyl (C=O) groups excluding carboxylic acids is 1. The number of rotatable bonds is 3. The van der Waals surface area contributed by atoms with Crippen molar-refractivity contribution in [3.8, 4) is 5.75 Å².